The fraction of sp³-hybridized carbons (Fsp3) is 0.250. The lowest BCUT2D eigenvalue weighted by atomic mass is 10.2. The molecule has 1 aliphatic heterocycles. The van der Waals surface area contributed by atoms with Crippen LogP contribution in [0.1, 0.15) is 6.42 Å². The van der Waals surface area contributed by atoms with Crippen molar-refractivity contribution in [2.45, 2.75) is 12.5 Å². The standard InChI is InChI=1S/C20H20N4O5S2/c1-28-14-9-7-13(8-10-14)19-22-23-20(30-19)21-18(25)17-11-12-24(31(2,26)27)15-5-3-4-6-16(15)29-17/h3-10,17H,11-12H2,1-2H3,(H,21,23,25). The molecule has 1 aliphatic rings. The molecule has 0 spiro atoms. The summed E-state index contributed by atoms with van der Waals surface area (Å²) in [6.45, 7) is 0.126. The van der Waals surface area contributed by atoms with Crippen LogP contribution in [0.15, 0.2) is 48.5 Å². The van der Waals surface area contributed by atoms with E-state index in [2.05, 4.69) is 15.5 Å². The van der Waals surface area contributed by atoms with E-state index in [0.717, 1.165) is 17.6 Å². The zero-order chi connectivity index (χ0) is 22.0. The minimum absolute atomic E-state index is 0.126. The van der Waals surface area contributed by atoms with Crippen molar-refractivity contribution < 1.29 is 22.7 Å². The highest BCUT2D eigenvalue weighted by molar-refractivity contribution is 7.92. The number of hydrogen-bond acceptors (Lipinski definition) is 8. The van der Waals surface area contributed by atoms with Gasteiger partial charge in [0.2, 0.25) is 15.2 Å². The van der Waals surface area contributed by atoms with E-state index in [4.69, 9.17) is 9.47 Å². The highest BCUT2D eigenvalue weighted by Gasteiger charge is 2.31. The summed E-state index contributed by atoms with van der Waals surface area (Å²) >= 11 is 1.23. The molecule has 0 saturated heterocycles. The number of para-hydroxylation sites is 2. The first-order chi connectivity index (χ1) is 14.8. The van der Waals surface area contributed by atoms with E-state index in [0.29, 0.717) is 21.6 Å². The van der Waals surface area contributed by atoms with Crippen molar-refractivity contribution in [2.24, 2.45) is 0 Å². The summed E-state index contributed by atoms with van der Waals surface area (Å²) in [5, 5.41) is 11.9. The number of fused-ring (bicyclic) bond motifs is 1. The van der Waals surface area contributed by atoms with E-state index in [-0.39, 0.29) is 13.0 Å². The van der Waals surface area contributed by atoms with E-state index < -0.39 is 22.0 Å². The molecule has 1 aromatic heterocycles. The van der Waals surface area contributed by atoms with Gasteiger partial charge in [0.25, 0.3) is 5.91 Å². The molecule has 11 heteroatoms. The molecule has 4 rings (SSSR count). The molecule has 0 radical (unpaired) electrons. The third-order valence-electron chi connectivity index (χ3n) is 4.68. The molecule has 0 fully saturated rings. The van der Waals surface area contributed by atoms with Crippen LogP contribution in [-0.2, 0) is 14.8 Å². The highest BCUT2D eigenvalue weighted by Crippen LogP contribution is 2.34. The van der Waals surface area contributed by atoms with E-state index in [1.165, 1.54) is 15.6 Å². The Kier molecular flexibility index (Phi) is 5.79. The van der Waals surface area contributed by atoms with Gasteiger partial charge in [0, 0.05) is 18.5 Å². The molecule has 3 aromatic rings. The highest BCUT2D eigenvalue weighted by atomic mass is 32.2. The third-order valence-corrected chi connectivity index (χ3v) is 6.75. The van der Waals surface area contributed by atoms with Gasteiger partial charge in [0.05, 0.1) is 19.1 Å². The molecule has 1 unspecified atom stereocenters. The van der Waals surface area contributed by atoms with Crippen molar-refractivity contribution in [1.29, 1.82) is 0 Å². The number of ether oxygens (including phenoxy) is 2. The second-order valence-electron chi connectivity index (χ2n) is 6.83. The van der Waals surface area contributed by atoms with Gasteiger partial charge in [0.1, 0.15) is 16.5 Å². The Labute approximate surface area is 183 Å². The fourth-order valence-corrected chi connectivity index (χ4v) is 4.87. The van der Waals surface area contributed by atoms with Crippen LogP contribution >= 0.6 is 11.3 Å². The number of aromatic nitrogens is 2. The third kappa shape index (κ3) is 4.62. The summed E-state index contributed by atoms with van der Waals surface area (Å²) in [5.74, 6) is 0.653. The second-order valence-corrected chi connectivity index (χ2v) is 9.71. The second kappa shape index (κ2) is 8.52. The van der Waals surface area contributed by atoms with Gasteiger partial charge in [-0.25, -0.2) is 8.42 Å². The number of amides is 1. The number of rotatable bonds is 5. The Morgan fingerprint density at radius 3 is 2.65 bits per heavy atom. The van der Waals surface area contributed by atoms with Crippen LogP contribution in [0.4, 0.5) is 10.8 Å². The van der Waals surface area contributed by atoms with Crippen LogP contribution in [0.5, 0.6) is 11.5 Å². The molecular weight excluding hydrogens is 440 g/mol. The van der Waals surface area contributed by atoms with E-state index in [1.807, 2.05) is 24.3 Å². The van der Waals surface area contributed by atoms with E-state index >= 15 is 0 Å². The minimum Gasteiger partial charge on any atom is -0.497 e. The predicted molar refractivity (Wildman–Crippen MR) is 118 cm³/mol. The van der Waals surface area contributed by atoms with Gasteiger partial charge in [-0.2, -0.15) is 0 Å². The predicted octanol–water partition coefficient (Wildman–Crippen LogP) is 2.77. The molecule has 0 aliphatic carbocycles. The first kappa shape index (κ1) is 21.1. The van der Waals surface area contributed by atoms with Crippen LogP contribution in [0.2, 0.25) is 0 Å². The van der Waals surface area contributed by atoms with Crippen LogP contribution in [0.25, 0.3) is 10.6 Å². The SMILES string of the molecule is COc1ccc(-c2nnc(NC(=O)C3CCN(S(C)(=O)=O)c4ccccc4O3)s2)cc1. The van der Waals surface area contributed by atoms with Gasteiger partial charge in [-0.05, 0) is 36.4 Å². The maximum absolute atomic E-state index is 12.8. The lowest BCUT2D eigenvalue weighted by Crippen LogP contribution is -2.35. The molecule has 1 N–H and O–H groups in total. The maximum Gasteiger partial charge on any atom is 0.267 e. The number of methoxy groups -OCH3 is 1. The molecule has 0 bridgehead atoms. The molecule has 1 atom stereocenters. The Morgan fingerprint density at radius 2 is 1.94 bits per heavy atom. The quantitative estimate of drug-likeness (QED) is 0.623. The molecular formula is C20H20N4O5S2. The monoisotopic (exact) mass is 460 g/mol. The summed E-state index contributed by atoms with van der Waals surface area (Å²) in [5.41, 5.74) is 1.26. The smallest absolute Gasteiger partial charge is 0.267 e. The zero-order valence-electron chi connectivity index (χ0n) is 16.8. The number of carbonyl (C=O) groups is 1. The number of benzene rings is 2. The van der Waals surface area contributed by atoms with Gasteiger partial charge >= 0.3 is 0 Å². The molecule has 162 valence electrons. The van der Waals surface area contributed by atoms with Crippen molar-refractivity contribution in [3.63, 3.8) is 0 Å². The summed E-state index contributed by atoms with van der Waals surface area (Å²) in [6, 6.07) is 14.1. The first-order valence-corrected chi connectivity index (χ1v) is 12.0. The summed E-state index contributed by atoms with van der Waals surface area (Å²) in [6.07, 6.45) is 0.449. The zero-order valence-corrected chi connectivity index (χ0v) is 18.4. The Hall–Kier alpha value is -3.18. The van der Waals surface area contributed by atoms with Gasteiger partial charge in [-0.1, -0.05) is 23.5 Å². The number of hydrogen-bond donors (Lipinski definition) is 1. The Bertz CT molecular complexity index is 1190. The lowest BCUT2D eigenvalue weighted by molar-refractivity contribution is -0.122. The molecule has 9 nitrogen and oxygen atoms in total. The van der Waals surface area contributed by atoms with Crippen LogP contribution in [0.3, 0.4) is 0 Å². The number of carbonyl (C=O) groups excluding carboxylic acids is 1. The average molecular weight is 461 g/mol. The van der Waals surface area contributed by atoms with Crippen LogP contribution in [-0.4, -0.2) is 50.5 Å². The van der Waals surface area contributed by atoms with Crippen molar-refractivity contribution in [1.82, 2.24) is 10.2 Å². The molecule has 0 saturated carbocycles. The summed E-state index contributed by atoms with van der Waals surface area (Å²) in [4.78, 5) is 12.8. The Morgan fingerprint density at radius 1 is 1.19 bits per heavy atom. The Balaban J connectivity index is 1.50. The molecule has 1 amide bonds. The van der Waals surface area contributed by atoms with Crippen molar-refractivity contribution in [2.75, 3.05) is 29.5 Å². The largest absolute Gasteiger partial charge is 0.497 e. The van der Waals surface area contributed by atoms with Gasteiger partial charge in [-0.15, -0.1) is 10.2 Å². The number of nitrogens with zero attached hydrogens (tertiary/aromatic N) is 3. The first-order valence-electron chi connectivity index (χ1n) is 9.37. The van der Waals surface area contributed by atoms with Gasteiger partial charge < -0.3 is 9.47 Å². The number of nitrogens with one attached hydrogen (secondary N) is 1. The van der Waals surface area contributed by atoms with Crippen LogP contribution < -0.4 is 19.1 Å². The lowest BCUT2D eigenvalue weighted by Gasteiger charge is -2.20. The average Bonchev–Trinajstić information content (AvgIpc) is 3.11. The number of sulfonamides is 1. The van der Waals surface area contributed by atoms with E-state index in [1.54, 1.807) is 31.4 Å². The van der Waals surface area contributed by atoms with Gasteiger partial charge in [-0.3, -0.25) is 14.4 Å². The summed E-state index contributed by atoms with van der Waals surface area (Å²) in [7, 11) is -1.92. The maximum atomic E-state index is 12.8. The molecule has 2 aromatic carbocycles. The van der Waals surface area contributed by atoms with Crippen LogP contribution in [0, 0.1) is 0 Å². The molecule has 2 heterocycles. The van der Waals surface area contributed by atoms with E-state index in [9.17, 15) is 13.2 Å². The summed E-state index contributed by atoms with van der Waals surface area (Å²) < 4.78 is 36.6. The normalized spacial score (nSPS) is 16.1. The van der Waals surface area contributed by atoms with Crippen molar-refractivity contribution in [3.05, 3.63) is 48.5 Å². The molecule has 31 heavy (non-hydrogen) atoms. The topological polar surface area (TPSA) is 111 Å². The fourth-order valence-electron chi connectivity index (χ4n) is 3.17. The van der Waals surface area contributed by atoms with Crippen molar-refractivity contribution >= 4 is 38.1 Å². The van der Waals surface area contributed by atoms with Gasteiger partial charge in [0.15, 0.2) is 6.10 Å². The van der Waals surface area contributed by atoms with Crippen molar-refractivity contribution in [3.8, 4) is 22.1 Å². The number of anilines is 2. The minimum atomic E-state index is -3.51.